The average Bonchev–Trinajstić information content (AvgIpc) is 3.13. The van der Waals surface area contributed by atoms with Crippen LogP contribution < -0.4 is 25.6 Å². The highest BCUT2D eigenvalue weighted by molar-refractivity contribution is 5.94. The van der Waals surface area contributed by atoms with Crippen molar-refractivity contribution in [1.82, 2.24) is 10.6 Å². The van der Waals surface area contributed by atoms with Crippen LogP contribution in [0, 0.1) is 11.8 Å². The van der Waals surface area contributed by atoms with E-state index < -0.39 is 0 Å². The van der Waals surface area contributed by atoms with Gasteiger partial charge in [-0.1, -0.05) is 11.8 Å². The van der Waals surface area contributed by atoms with E-state index in [0.717, 1.165) is 17.0 Å². The second-order valence-corrected chi connectivity index (χ2v) is 6.00. The first-order valence-corrected chi connectivity index (χ1v) is 9.07. The van der Waals surface area contributed by atoms with Gasteiger partial charge in [-0.3, -0.25) is 4.90 Å². The Morgan fingerprint density at radius 2 is 1.93 bits per heavy atom. The summed E-state index contributed by atoms with van der Waals surface area (Å²) in [6.45, 7) is 4.06. The van der Waals surface area contributed by atoms with Gasteiger partial charge >= 0.3 is 12.1 Å². The maximum Gasteiger partial charge on any atom is 0.321 e. The highest BCUT2D eigenvalue weighted by Crippen LogP contribution is 2.17. The number of urea groups is 2. The SMILES string of the molecule is CCOc1ccc(NC(=O)NCC#Cc2ccc(N3CCNC3=O)cc2)cc1. The van der Waals surface area contributed by atoms with Crippen molar-refractivity contribution in [2.75, 3.05) is 36.5 Å². The zero-order valence-electron chi connectivity index (χ0n) is 15.6. The number of carbonyl (C=O) groups is 2. The Hall–Kier alpha value is -3.66. The third-order valence-electron chi connectivity index (χ3n) is 4.03. The van der Waals surface area contributed by atoms with Crippen LogP contribution in [0.1, 0.15) is 12.5 Å². The highest BCUT2D eigenvalue weighted by Gasteiger charge is 2.20. The smallest absolute Gasteiger partial charge is 0.321 e. The molecule has 0 saturated carbocycles. The molecule has 0 atom stereocenters. The number of anilines is 2. The fourth-order valence-corrected chi connectivity index (χ4v) is 2.69. The molecule has 0 radical (unpaired) electrons. The van der Waals surface area contributed by atoms with E-state index in [1.54, 1.807) is 29.2 Å². The lowest BCUT2D eigenvalue weighted by molar-refractivity contribution is 0.251. The van der Waals surface area contributed by atoms with Gasteiger partial charge in [-0.15, -0.1) is 0 Å². The topological polar surface area (TPSA) is 82.7 Å². The molecule has 0 unspecified atom stereocenters. The minimum atomic E-state index is -0.325. The molecule has 2 aromatic rings. The Labute approximate surface area is 164 Å². The van der Waals surface area contributed by atoms with Crippen LogP contribution in [-0.4, -0.2) is 38.3 Å². The Balaban J connectivity index is 1.45. The van der Waals surface area contributed by atoms with Crippen LogP contribution in [0.25, 0.3) is 0 Å². The predicted molar refractivity (Wildman–Crippen MR) is 109 cm³/mol. The van der Waals surface area contributed by atoms with Crippen molar-refractivity contribution in [2.24, 2.45) is 0 Å². The van der Waals surface area contributed by atoms with Crippen LogP contribution in [-0.2, 0) is 0 Å². The Morgan fingerprint density at radius 3 is 2.57 bits per heavy atom. The van der Waals surface area contributed by atoms with Gasteiger partial charge in [0.2, 0.25) is 0 Å². The largest absolute Gasteiger partial charge is 0.494 e. The van der Waals surface area contributed by atoms with Gasteiger partial charge in [-0.05, 0) is 55.5 Å². The van der Waals surface area contributed by atoms with Gasteiger partial charge < -0.3 is 20.7 Å². The van der Waals surface area contributed by atoms with E-state index in [9.17, 15) is 9.59 Å². The van der Waals surface area contributed by atoms with E-state index in [2.05, 4.69) is 27.8 Å². The van der Waals surface area contributed by atoms with Crippen molar-refractivity contribution in [1.29, 1.82) is 0 Å². The molecule has 1 saturated heterocycles. The number of benzene rings is 2. The van der Waals surface area contributed by atoms with Crippen molar-refractivity contribution >= 4 is 23.4 Å². The molecule has 7 heteroatoms. The number of rotatable bonds is 5. The summed E-state index contributed by atoms with van der Waals surface area (Å²) in [5.41, 5.74) is 2.33. The van der Waals surface area contributed by atoms with Crippen LogP contribution in [0.2, 0.25) is 0 Å². The molecule has 0 spiro atoms. The molecule has 28 heavy (non-hydrogen) atoms. The summed E-state index contributed by atoms with van der Waals surface area (Å²) >= 11 is 0. The third kappa shape index (κ3) is 5.17. The molecule has 7 nitrogen and oxygen atoms in total. The van der Waals surface area contributed by atoms with Crippen molar-refractivity contribution in [3.8, 4) is 17.6 Å². The summed E-state index contributed by atoms with van der Waals surface area (Å²) in [5.74, 6) is 6.65. The molecule has 2 aromatic carbocycles. The van der Waals surface area contributed by atoms with Gasteiger partial charge in [-0.25, -0.2) is 9.59 Å². The highest BCUT2D eigenvalue weighted by atomic mass is 16.5. The second kappa shape index (κ2) is 9.33. The van der Waals surface area contributed by atoms with Crippen molar-refractivity contribution in [2.45, 2.75) is 6.92 Å². The lowest BCUT2D eigenvalue weighted by Gasteiger charge is -2.13. The number of nitrogens with zero attached hydrogens (tertiary/aromatic N) is 1. The number of hydrogen-bond donors (Lipinski definition) is 3. The molecular weight excluding hydrogens is 356 g/mol. The fraction of sp³-hybridized carbons (Fsp3) is 0.238. The van der Waals surface area contributed by atoms with Crippen LogP contribution in [0.15, 0.2) is 48.5 Å². The van der Waals surface area contributed by atoms with Gasteiger partial charge in [0.1, 0.15) is 5.75 Å². The second-order valence-electron chi connectivity index (χ2n) is 6.00. The number of nitrogens with one attached hydrogen (secondary N) is 3. The lowest BCUT2D eigenvalue weighted by atomic mass is 10.2. The van der Waals surface area contributed by atoms with E-state index in [0.29, 0.717) is 25.4 Å². The third-order valence-corrected chi connectivity index (χ3v) is 4.03. The van der Waals surface area contributed by atoms with Crippen LogP contribution in [0.3, 0.4) is 0 Å². The summed E-state index contributed by atoms with van der Waals surface area (Å²) in [5, 5.41) is 8.19. The monoisotopic (exact) mass is 378 g/mol. The summed E-state index contributed by atoms with van der Waals surface area (Å²) in [4.78, 5) is 25.2. The normalized spacial score (nSPS) is 12.6. The fourth-order valence-electron chi connectivity index (χ4n) is 2.69. The predicted octanol–water partition coefficient (Wildman–Crippen LogP) is 2.79. The molecule has 1 fully saturated rings. The van der Waals surface area contributed by atoms with E-state index in [1.165, 1.54) is 0 Å². The molecule has 0 aromatic heterocycles. The quantitative estimate of drug-likeness (QED) is 0.700. The van der Waals surface area contributed by atoms with E-state index in [-0.39, 0.29) is 18.6 Å². The van der Waals surface area contributed by atoms with Crippen molar-refractivity contribution < 1.29 is 14.3 Å². The Bertz CT molecular complexity index is 883. The van der Waals surface area contributed by atoms with Crippen molar-refractivity contribution in [3.05, 3.63) is 54.1 Å². The number of hydrogen-bond acceptors (Lipinski definition) is 3. The summed E-state index contributed by atoms with van der Waals surface area (Å²) in [6, 6.07) is 14.2. The molecule has 3 rings (SSSR count). The zero-order chi connectivity index (χ0) is 19.8. The first-order chi connectivity index (χ1) is 13.7. The van der Waals surface area contributed by atoms with Gasteiger partial charge in [0.15, 0.2) is 0 Å². The average molecular weight is 378 g/mol. The lowest BCUT2D eigenvalue weighted by Crippen LogP contribution is -2.28. The van der Waals surface area contributed by atoms with Gasteiger partial charge in [0.05, 0.1) is 13.2 Å². The molecule has 4 amide bonds. The first-order valence-electron chi connectivity index (χ1n) is 9.07. The number of amides is 4. The zero-order valence-corrected chi connectivity index (χ0v) is 15.6. The number of ether oxygens (including phenoxy) is 1. The first kappa shape index (κ1) is 19.1. The molecule has 1 aliphatic rings. The van der Waals surface area contributed by atoms with E-state index in [4.69, 9.17) is 4.74 Å². The van der Waals surface area contributed by atoms with Crippen LogP contribution >= 0.6 is 0 Å². The van der Waals surface area contributed by atoms with Gasteiger partial charge in [0.25, 0.3) is 0 Å². The van der Waals surface area contributed by atoms with Gasteiger partial charge in [0, 0.05) is 30.0 Å². The Morgan fingerprint density at radius 1 is 1.18 bits per heavy atom. The molecule has 0 aliphatic carbocycles. The maximum atomic E-state index is 11.9. The number of carbonyl (C=O) groups excluding carboxylic acids is 2. The molecule has 1 aliphatic heterocycles. The summed E-state index contributed by atoms with van der Waals surface area (Å²) in [6.07, 6.45) is 0. The van der Waals surface area contributed by atoms with E-state index >= 15 is 0 Å². The van der Waals surface area contributed by atoms with E-state index in [1.807, 2.05) is 31.2 Å². The van der Waals surface area contributed by atoms with Crippen LogP contribution in [0.5, 0.6) is 5.75 Å². The molecule has 3 N–H and O–H groups in total. The minimum Gasteiger partial charge on any atom is -0.494 e. The molecular formula is C21H22N4O3. The molecule has 0 bridgehead atoms. The molecule has 144 valence electrons. The summed E-state index contributed by atoms with van der Waals surface area (Å²) < 4.78 is 5.36. The minimum absolute atomic E-state index is 0.0819. The Kier molecular flexibility index (Phi) is 6.37. The standard InChI is InChI=1S/C21H22N4O3/c1-2-28-19-11-7-17(8-12-19)24-20(26)22-13-3-4-16-5-9-18(10-6-16)25-15-14-23-21(25)27/h5-12H,2,13-15H2,1H3,(H,23,27)(H2,22,24,26). The maximum absolute atomic E-state index is 11.9. The van der Waals surface area contributed by atoms with Crippen LogP contribution in [0.4, 0.5) is 21.0 Å². The molecule has 1 heterocycles. The van der Waals surface area contributed by atoms with Crippen molar-refractivity contribution in [3.63, 3.8) is 0 Å². The summed E-state index contributed by atoms with van der Waals surface area (Å²) in [7, 11) is 0. The van der Waals surface area contributed by atoms with Gasteiger partial charge in [-0.2, -0.15) is 0 Å².